The molecule has 2 aromatic heterocycles. The predicted molar refractivity (Wildman–Crippen MR) is 96.2 cm³/mol. The van der Waals surface area contributed by atoms with E-state index in [9.17, 15) is 4.79 Å². The van der Waals surface area contributed by atoms with Gasteiger partial charge in [-0.3, -0.25) is 4.79 Å². The zero-order valence-corrected chi connectivity index (χ0v) is 14.6. The van der Waals surface area contributed by atoms with Crippen LogP contribution in [0.25, 0.3) is 11.3 Å². The summed E-state index contributed by atoms with van der Waals surface area (Å²) in [5.41, 5.74) is 3.59. The number of pyridine rings is 1. The quantitative estimate of drug-likeness (QED) is 0.395. The van der Waals surface area contributed by atoms with Gasteiger partial charge in [0.05, 0.1) is 11.8 Å². The third-order valence-electron chi connectivity index (χ3n) is 3.12. The molecule has 0 aliphatic heterocycles. The maximum Gasteiger partial charge on any atom is 0.274 e. The van der Waals surface area contributed by atoms with Crippen molar-refractivity contribution in [1.29, 1.82) is 0 Å². The molecule has 1 N–H and O–H groups in total. The highest BCUT2D eigenvalue weighted by Gasteiger charge is 2.09. The van der Waals surface area contributed by atoms with Gasteiger partial charge in [0.1, 0.15) is 16.7 Å². The smallest absolute Gasteiger partial charge is 0.274 e. The van der Waals surface area contributed by atoms with Crippen molar-refractivity contribution in [2.24, 2.45) is 5.10 Å². The predicted octanol–water partition coefficient (Wildman–Crippen LogP) is 4.52. The van der Waals surface area contributed by atoms with E-state index >= 15 is 0 Å². The van der Waals surface area contributed by atoms with E-state index in [1.54, 1.807) is 18.2 Å². The summed E-state index contributed by atoms with van der Waals surface area (Å²) in [5, 5.41) is 3.99. The van der Waals surface area contributed by atoms with Crippen molar-refractivity contribution in [2.75, 3.05) is 0 Å². The van der Waals surface area contributed by atoms with Crippen LogP contribution in [-0.4, -0.2) is 17.1 Å². The molecule has 2 heterocycles. The molecule has 1 aromatic carbocycles. The first kappa shape index (κ1) is 16.4. The van der Waals surface area contributed by atoms with E-state index in [0.717, 1.165) is 10.0 Å². The Morgan fingerprint density at radius 3 is 2.75 bits per heavy atom. The maximum absolute atomic E-state index is 11.9. The molecular formula is C17H11BrClN3O2. The Bertz CT molecular complexity index is 891. The van der Waals surface area contributed by atoms with E-state index in [4.69, 9.17) is 16.0 Å². The van der Waals surface area contributed by atoms with Gasteiger partial charge in [0.25, 0.3) is 5.91 Å². The van der Waals surface area contributed by atoms with E-state index in [2.05, 4.69) is 31.4 Å². The third kappa shape index (κ3) is 3.90. The van der Waals surface area contributed by atoms with Gasteiger partial charge in [0.15, 0.2) is 0 Å². The Kier molecular flexibility index (Phi) is 5.08. The summed E-state index contributed by atoms with van der Waals surface area (Å²) in [6, 6.07) is 14.5. The summed E-state index contributed by atoms with van der Waals surface area (Å²) in [6.45, 7) is 0. The number of carbonyl (C=O) groups is 1. The van der Waals surface area contributed by atoms with E-state index in [0.29, 0.717) is 11.5 Å². The van der Waals surface area contributed by atoms with Crippen molar-refractivity contribution < 1.29 is 9.21 Å². The third-order valence-corrected chi connectivity index (χ3v) is 3.95. The Morgan fingerprint density at radius 2 is 2.00 bits per heavy atom. The van der Waals surface area contributed by atoms with Gasteiger partial charge in [-0.15, -0.1) is 0 Å². The first-order chi connectivity index (χ1) is 11.6. The minimum Gasteiger partial charge on any atom is -0.455 e. The molecule has 0 aliphatic carbocycles. The van der Waals surface area contributed by atoms with Gasteiger partial charge in [-0.25, -0.2) is 10.4 Å². The summed E-state index contributed by atoms with van der Waals surface area (Å²) in [4.78, 5) is 15.8. The van der Waals surface area contributed by atoms with Crippen LogP contribution in [0.1, 0.15) is 16.1 Å². The number of nitrogens with zero attached hydrogens (tertiary/aromatic N) is 2. The van der Waals surface area contributed by atoms with Crippen LogP contribution in [0.15, 0.2) is 68.7 Å². The summed E-state index contributed by atoms with van der Waals surface area (Å²) in [7, 11) is 0. The second kappa shape index (κ2) is 7.42. The van der Waals surface area contributed by atoms with Crippen LogP contribution in [0.3, 0.4) is 0 Å². The number of carbonyl (C=O) groups excluding carboxylic acids is 1. The Morgan fingerprint density at radius 1 is 1.21 bits per heavy atom. The van der Waals surface area contributed by atoms with Crippen molar-refractivity contribution in [3.8, 4) is 11.3 Å². The Labute approximate surface area is 151 Å². The van der Waals surface area contributed by atoms with Gasteiger partial charge in [0.2, 0.25) is 0 Å². The summed E-state index contributed by atoms with van der Waals surface area (Å²) in [5.74, 6) is 0.792. The number of hydrogen-bond acceptors (Lipinski definition) is 4. The van der Waals surface area contributed by atoms with Gasteiger partial charge < -0.3 is 4.42 Å². The van der Waals surface area contributed by atoms with E-state index in [-0.39, 0.29) is 10.7 Å². The minimum atomic E-state index is -0.441. The summed E-state index contributed by atoms with van der Waals surface area (Å²) < 4.78 is 6.66. The second-order valence-electron chi connectivity index (χ2n) is 4.75. The van der Waals surface area contributed by atoms with Crippen LogP contribution >= 0.6 is 27.5 Å². The monoisotopic (exact) mass is 403 g/mol. The van der Waals surface area contributed by atoms with E-state index in [1.807, 2.05) is 30.3 Å². The number of aromatic nitrogens is 1. The second-order valence-corrected chi connectivity index (χ2v) is 6.02. The molecule has 5 nitrogen and oxygen atoms in total. The lowest BCUT2D eigenvalue weighted by molar-refractivity contribution is 0.0955. The molecule has 0 radical (unpaired) electrons. The fraction of sp³-hybridized carbons (Fsp3) is 0. The summed E-state index contributed by atoms with van der Waals surface area (Å²) >= 11 is 9.24. The largest absolute Gasteiger partial charge is 0.455 e. The van der Waals surface area contributed by atoms with Gasteiger partial charge in [-0.1, -0.05) is 39.7 Å². The highest BCUT2D eigenvalue weighted by atomic mass is 79.9. The first-order valence-corrected chi connectivity index (χ1v) is 8.10. The molecule has 120 valence electrons. The molecule has 0 spiro atoms. The van der Waals surface area contributed by atoms with Crippen molar-refractivity contribution >= 4 is 39.7 Å². The van der Waals surface area contributed by atoms with Crippen LogP contribution in [0.5, 0.6) is 0 Å². The molecule has 0 aliphatic rings. The van der Waals surface area contributed by atoms with Crippen LogP contribution in [0.2, 0.25) is 5.15 Å². The molecule has 3 rings (SSSR count). The number of hydrogen-bond donors (Lipinski definition) is 1. The molecule has 0 saturated carbocycles. The van der Waals surface area contributed by atoms with E-state index in [1.165, 1.54) is 12.4 Å². The Balaban J connectivity index is 1.66. The van der Waals surface area contributed by atoms with Crippen LogP contribution in [-0.2, 0) is 0 Å². The zero-order chi connectivity index (χ0) is 16.9. The normalized spacial score (nSPS) is 10.9. The standard InChI is InChI=1S/C17H11BrClN3O2/c18-12-5-3-11(4-6-12)15-8-7-13(24-15)10-21-22-17(23)14-2-1-9-20-16(14)19/h1-10H,(H,22,23). The molecule has 24 heavy (non-hydrogen) atoms. The fourth-order valence-corrected chi connectivity index (χ4v) is 2.43. The number of nitrogens with one attached hydrogen (secondary N) is 1. The number of amides is 1. The van der Waals surface area contributed by atoms with Crippen LogP contribution in [0.4, 0.5) is 0 Å². The molecule has 0 saturated heterocycles. The van der Waals surface area contributed by atoms with Crippen molar-refractivity contribution in [3.63, 3.8) is 0 Å². The zero-order valence-electron chi connectivity index (χ0n) is 12.2. The van der Waals surface area contributed by atoms with Crippen LogP contribution < -0.4 is 5.43 Å². The number of halogens is 2. The maximum atomic E-state index is 11.9. The highest BCUT2D eigenvalue weighted by Crippen LogP contribution is 2.23. The molecule has 0 unspecified atom stereocenters. The van der Waals surface area contributed by atoms with Gasteiger partial charge >= 0.3 is 0 Å². The average Bonchev–Trinajstić information content (AvgIpc) is 3.04. The lowest BCUT2D eigenvalue weighted by atomic mass is 10.2. The molecule has 3 aromatic rings. The van der Waals surface area contributed by atoms with Crippen molar-refractivity contribution in [2.45, 2.75) is 0 Å². The Hall–Kier alpha value is -2.44. The molecule has 1 amide bonds. The average molecular weight is 405 g/mol. The van der Waals surface area contributed by atoms with Crippen molar-refractivity contribution in [1.82, 2.24) is 10.4 Å². The lowest BCUT2D eigenvalue weighted by Crippen LogP contribution is -2.18. The molecule has 0 bridgehead atoms. The van der Waals surface area contributed by atoms with Gasteiger partial charge in [-0.2, -0.15) is 5.10 Å². The first-order valence-electron chi connectivity index (χ1n) is 6.93. The highest BCUT2D eigenvalue weighted by molar-refractivity contribution is 9.10. The lowest BCUT2D eigenvalue weighted by Gasteiger charge is -2.00. The molecule has 0 atom stereocenters. The SMILES string of the molecule is O=C(NN=Cc1ccc(-c2ccc(Br)cc2)o1)c1cccnc1Cl. The number of rotatable bonds is 4. The van der Waals surface area contributed by atoms with Crippen LogP contribution in [0, 0.1) is 0 Å². The van der Waals surface area contributed by atoms with Gasteiger partial charge in [0, 0.05) is 16.2 Å². The number of benzene rings is 1. The van der Waals surface area contributed by atoms with E-state index < -0.39 is 5.91 Å². The van der Waals surface area contributed by atoms with Crippen molar-refractivity contribution in [3.05, 3.63) is 75.7 Å². The number of hydrazone groups is 1. The topological polar surface area (TPSA) is 67.5 Å². The number of furan rings is 1. The van der Waals surface area contributed by atoms with Gasteiger partial charge in [-0.05, 0) is 36.4 Å². The molecule has 7 heteroatoms. The fourth-order valence-electron chi connectivity index (χ4n) is 1.96. The molecule has 0 fully saturated rings. The minimum absolute atomic E-state index is 0.126. The summed E-state index contributed by atoms with van der Waals surface area (Å²) in [6.07, 6.45) is 2.93. The molecular weight excluding hydrogens is 394 g/mol.